The Labute approximate surface area is 158 Å². The zero-order chi connectivity index (χ0) is 19.3. The van der Waals surface area contributed by atoms with Gasteiger partial charge in [-0.25, -0.2) is 14.4 Å². The maximum atomic E-state index is 13.6. The van der Waals surface area contributed by atoms with E-state index in [0.717, 1.165) is 0 Å². The van der Waals surface area contributed by atoms with Crippen LogP contribution in [0.2, 0.25) is 0 Å². The Bertz CT molecular complexity index is 1100. The predicted octanol–water partition coefficient (Wildman–Crippen LogP) is 3.71. The minimum atomic E-state index is -0.529. The molecule has 3 heterocycles. The molecule has 1 N–H and O–H groups in total. The van der Waals surface area contributed by atoms with Crippen LogP contribution in [0.1, 0.15) is 10.5 Å². The van der Waals surface area contributed by atoms with Gasteiger partial charge >= 0.3 is 6.01 Å². The number of ether oxygens (including phenoxy) is 1. The van der Waals surface area contributed by atoms with Crippen LogP contribution in [-0.2, 0) is 0 Å². The number of hydrogen-bond donors (Lipinski definition) is 1. The van der Waals surface area contributed by atoms with Crippen molar-refractivity contribution in [2.24, 2.45) is 0 Å². The molecule has 0 atom stereocenters. The van der Waals surface area contributed by atoms with E-state index in [9.17, 15) is 9.18 Å². The lowest BCUT2D eigenvalue weighted by Crippen LogP contribution is -2.12. The van der Waals surface area contributed by atoms with Crippen LogP contribution in [-0.4, -0.2) is 26.0 Å². The van der Waals surface area contributed by atoms with Crippen molar-refractivity contribution in [3.63, 3.8) is 0 Å². The monoisotopic (exact) mass is 377 g/mol. The van der Waals surface area contributed by atoms with Gasteiger partial charge in [0.1, 0.15) is 0 Å². The molecule has 28 heavy (non-hydrogen) atoms. The van der Waals surface area contributed by atoms with Gasteiger partial charge in [0.15, 0.2) is 23.0 Å². The van der Waals surface area contributed by atoms with E-state index < -0.39 is 11.7 Å². The van der Waals surface area contributed by atoms with Gasteiger partial charge in [0.05, 0.1) is 18.1 Å². The predicted molar refractivity (Wildman–Crippen MR) is 96.2 cm³/mol. The maximum absolute atomic E-state index is 13.6. The van der Waals surface area contributed by atoms with Crippen LogP contribution in [0.4, 0.5) is 10.1 Å². The van der Waals surface area contributed by atoms with Gasteiger partial charge in [-0.1, -0.05) is 17.3 Å². The number of hydrogen-bond acceptors (Lipinski definition) is 7. The summed E-state index contributed by atoms with van der Waals surface area (Å²) in [6.07, 6.45) is 5.91. The van der Waals surface area contributed by atoms with Gasteiger partial charge in [0.2, 0.25) is 0 Å². The zero-order valence-corrected chi connectivity index (χ0v) is 14.2. The van der Waals surface area contributed by atoms with Crippen molar-refractivity contribution in [2.75, 3.05) is 5.32 Å². The van der Waals surface area contributed by atoms with Crippen molar-refractivity contribution in [2.45, 2.75) is 0 Å². The number of amides is 1. The first-order chi connectivity index (χ1) is 13.7. The molecule has 0 saturated heterocycles. The first-order valence-electron chi connectivity index (χ1n) is 8.12. The minimum absolute atomic E-state index is 0.00446. The number of halogens is 1. The van der Waals surface area contributed by atoms with Crippen molar-refractivity contribution in [3.05, 3.63) is 78.8 Å². The van der Waals surface area contributed by atoms with Crippen LogP contribution in [0, 0.1) is 5.82 Å². The van der Waals surface area contributed by atoms with Crippen LogP contribution < -0.4 is 10.1 Å². The summed E-state index contributed by atoms with van der Waals surface area (Å²) >= 11 is 0. The molecule has 3 aromatic heterocycles. The average Bonchev–Trinajstić information content (AvgIpc) is 3.22. The fourth-order valence-electron chi connectivity index (χ4n) is 2.28. The summed E-state index contributed by atoms with van der Waals surface area (Å²) in [5.74, 6) is -0.600. The lowest BCUT2D eigenvalue weighted by atomic mass is 10.2. The number of nitrogens with one attached hydrogen (secondary N) is 1. The van der Waals surface area contributed by atoms with Crippen LogP contribution >= 0.6 is 0 Å². The van der Waals surface area contributed by atoms with Crippen LogP contribution in [0.25, 0.3) is 11.3 Å². The largest absolute Gasteiger partial charge is 0.421 e. The van der Waals surface area contributed by atoms with E-state index >= 15 is 0 Å². The SMILES string of the molecule is O=C(Nc1cnc(Oc2ccccc2F)nc1)c1cc(-c2cccnc2)on1. The first-order valence-corrected chi connectivity index (χ1v) is 8.12. The third kappa shape index (κ3) is 3.83. The molecule has 0 unspecified atom stereocenters. The Morgan fingerprint density at radius 1 is 1.07 bits per heavy atom. The standard InChI is InChI=1S/C19H12FN5O3/c20-14-5-1-2-6-16(14)27-19-22-10-13(11-23-19)24-18(26)15-8-17(28-25-15)12-4-3-7-21-9-12/h1-11H,(H,24,26). The highest BCUT2D eigenvalue weighted by molar-refractivity contribution is 6.03. The smallest absolute Gasteiger partial charge is 0.322 e. The van der Waals surface area contributed by atoms with E-state index in [4.69, 9.17) is 9.26 Å². The van der Waals surface area contributed by atoms with Crippen LogP contribution in [0.15, 0.2) is 71.8 Å². The molecule has 1 amide bonds. The molecule has 9 heteroatoms. The Hall–Kier alpha value is -4.14. The fourth-order valence-corrected chi connectivity index (χ4v) is 2.28. The highest BCUT2D eigenvalue weighted by Crippen LogP contribution is 2.22. The summed E-state index contributed by atoms with van der Waals surface area (Å²) in [5.41, 5.74) is 1.11. The number of carbonyl (C=O) groups is 1. The molecule has 0 radical (unpaired) electrons. The number of pyridine rings is 1. The fraction of sp³-hybridized carbons (Fsp3) is 0. The van der Waals surface area contributed by atoms with Gasteiger partial charge < -0.3 is 14.6 Å². The van der Waals surface area contributed by atoms with Gasteiger partial charge in [-0.15, -0.1) is 0 Å². The number of carbonyl (C=O) groups excluding carboxylic acids is 1. The van der Waals surface area contributed by atoms with Crippen LogP contribution in [0.5, 0.6) is 11.8 Å². The highest BCUT2D eigenvalue weighted by Gasteiger charge is 2.15. The van der Waals surface area contributed by atoms with Gasteiger partial charge in [-0.3, -0.25) is 9.78 Å². The summed E-state index contributed by atoms with van der Waals surface area (Å²) in [6, 6.07) is 10.9. The van der Waals surface area contributed by atoms with Gasteiger partial charge in [-0.2, -0.15) is 0 Å². The normalized spacial score (nSPS) is 10.5. The summed E-state index contributed by atoms with van der Waals surface area (Å²) in [4.78, 5) is 24.2. The first kappa shape index (κ1) is 17.3. The number of nitrogens with zero attached hydrogens (tertiary/aromatic N) is 4. The molecule has 1 aromatic carbocycles. The molecule has 4 rings (SSSR count). The van der Waals surface area contributed by atoms with E-state index in [0.29, 0.717) is 17.0 Å². The second-order valence-corrected chi connectivity index (χ2v) is 5.56. The Morgan fingerprint density at radius 3 is 2.64 bits per heavy atom. The summed E-state index contributed by atoms with van der Waals surface area (Å²) in [5, 5.41) is 6.34. The quantitative estimate of drug-likeness (QED) is 0.565. The second-order valence-electron chi connectivity index (χ2n) is 5.56. The zero-order valence-electron chi connectivity index (χ0n) is 14.2. The Morgan fingerprint density at radius 2 is 1.89 bits per heavy atom. The third-order valence-electron chi connectivity index (χ3n) is 3.61. The molecule has 0 aliphatic rings. The van der Waals surface area contributed by atoms with Crippen molar-refractivity contribution >= 4 is 11.6 Å². The number of anilines is 1. The maximum Gasteiger partial charge on any atom is 0.322 e. The van der Waals surface area contributed by atoms with E-state index in [2.05, 4.69) is 25.4 Å². The van der Waals surface area contributed by atoms with Crippen molar-refractivity contribution in [1.29, 1.82) is 0 Å². The summed E-state index contributed by atoms with van der Waals surface area (Å²) in [7, 11) is 0. The third-order valence-corrected chi connectivity index (χ3v) is 3.61. The van der Waals surface area contributed by atoms with E-state index in [1.54, 1.807) is 36.7 Å². The van der Waals surface area contributed by atoms with E-state index in [1.165, 1.54) is 30.6 Å². The van der Waals surface area contributed by atoms with Crippen molar-refractivity contribution < 1.29 is 18.4 Å². The molecule has 0 saturated carbocycles. The molecule has 8 nitrogen and oxygen atoms in total. The molecule has 4 aromatic rings. The Balaban J connectivity index is 1.42. The summed E-state index contributed by atoms with van der Waals surface area (Å²) in [6.45, 7) is 0. The van der Waals surface area contributed by atoms with Gasteiger partial charge in [0.25, 0.3) is 5.91 Å². The average molecular weight is 377 g/mol. The summed E-state index contributed by atoms with van der Waals surface area (Å²) < 4.78 is 24.0. The molecule has 0 spiro atoms. The number of aromatic nitrogens is 4. The molecule has 0 bridgehead atoms. The molecule has 138 valence electrons. The molecule has 0 aliphatic heterocycles. The van der Waals surface area contributed by atoms with Gasteiger partial charge in [-0.05, 0) is 24.3 Å². The lowest BCUT2D eigenvalue weighted by Gasteiger charge is -2.05. The number of benzene rings is 1. The minimum Gasteiger partial charge on any atom is -0.421 e. The van der Waals surface area contributed by atoms with Crippen molar-refractivity contribution in [1.82, 2.24) is 20.1 Å². The number of rotatable bonds is 5. The molecular weight excluding hydrogens is 365 g/mol. The molecule has 0 aliphatic carbocycles. The van der Waals surface area contributed by atoms with E-state index in [1.807, 2.05) is 0 Å². The Kier molecular flexibility index (Phi) is 4.70. The highest BCUT2D eigenvalue weighted by atomic mass is 19.1. The molecule has 0 fully saturated rings. The van der Waals surface area contributed by atoms with Gasteiger partial charge in [0, 0.05) is 24.0 Å². The van der Waals surface area contributed by atoms with E-state index in [-0.39, 0.29) is 17.5 Å². The van der Waals surface area contributed by atoms with Crippen molar-refractivity contribution in [3.8, 4) is 23.1 Å². The lowest BCUT2D eigenvalue weighted by molar-refractivity contribution is 0.101. The van der Waals surface area contributed by atoms with Crippen LogP contribution in [0.3, 0.4) is 0 Å². The number of para-hydroxylation sites is 1. The topological polar surface area (TPSA) is 103 Å². The molecular formula is C19H12FN5O3. The second kappa shape index (κ2) is 7.62.